The zero-order chi connectivity index (χ0) is 13.8. The van der Waals surface area contributed by atoms with Gasteiger partial charge in [0, 0.05) is 26.8 Å². The Morgan fingerprint density at radius 2 is 2.05 bits per heavy atom. The number of amides is 1. The lowest BCUT2D eigenvalue weighted by atomic mass is 9.99. The number of carbonyl (C=O) groups excluding carboxylic acids is 1. The molecule has 104 valence electrons. The van der Waals surface area contributed by atoms with Gasteiger partial charge in [-0.15, -0.1) is 0 Å². The zero-order valence-electron chi connectivity index (χ0n) is 11.0. The van der Waals surface area contributed by atoms with Gasteiger partial charge in [-0.05, 0) is 37.0 Å². The van der Waals surface area contributed by atoms with Crippen molar-refractivity contribution in [3.05, 3.63) is 23.8 Å². The summed E-state index contributed by atoms with van der Waals surface area (Å²) >= 11 is 0. The summed E-state index contributed by atoms with van der Waals surface area (Å²) in [4.78, 5) is 13.8. The molecular weight excluding hydrogens is 246 g/mol. The van der Waals surface area contributed by atoms with Gasteiger partial charge < -0.3 is 19.8 Å². The summed E-state index contributed by atoms with van der Waals surface area (Å²) in [5, 5.41) is 19.1. The van der Waals surface area contributed by atoms with Gasteiger partial charge in [0.2, 0.25) is 0 Å². The Kier molecular flexibility index (Phi) is 4.27. The molecule has 1 amide bonds. The van der Waals surface area contributed by atoms with E-state index in [1.165, 1.54) is 18.2 Å². The van der Waals surface area contributed by atoms with E-state index in [9.17, 15) is 15.0 Å². The van der Waals surface area contributed by atoms with E-state index in [-0.39, 0.29) is 23.0 Å². The van der Waals surface area contributed by atoms with Gasteiger partial charge in [-0.2, -0.15) is 0 Å². The molecular formula is C14H19NO4. The van der Waals surface area contributed by atoms with E-state index in [4.69, 9.17) is 4.74 Å². The SMILES string of the molecule is CN(CC1CCOCC1)C(=O)c1cc(O)ccc1O. The van der Waals surface area contributed by atoms with Gasteiger partial charge in [0.1, 0.15) is 11.5 Å². The van der Waals surface area contributed by atoms with Crippen LogP contribution in [0.2, 0.25) is 0 Å². The molecule has 1 aromatic rings. The first-order valence-electron chi connectivity index (χ1n) is 6.43. The molecule has 5 heteroatoms. The van der Waals surface area contributed by atoms with E-state index >= 15 is 0 Å². The summed E-state index contributed by atoms with van der Waals surface area (Å²) < 4.78 is 5.28. The van der Waals surface area contributed by atoms with Crippen LogP contribution in [0.15, 0.2) is 18.2 Å². The molecule has 1 aliphatic rings. The number of phenolic OH excluding ortho intramolecular Hbond substituents is 2. The second-order valence-corrected chi connectivity index (χ2v) is 4.94. The molecule has 0 aromatic heterocycles. The predicted octanol–water partition coefficient (Wildman–Crippen LogP) is 1.60. The highest BCUT2D eigenvalue weighted by Gasteiger charge is 2.21. The van der Waals surface area contributed by atoms with E-state index in [2.05, 4.69) is 0 Å². The van der Waals surface area contributed by atoms with Crippen LogP contribution < -0.4 is 0 Å². The van der Waals surface area contributed by atoms with Crippen molar-refractivity contribution in [1.29, 1.82) is 0 Å². The first-order valence-corrected chi connectivity index (χ1v) is 6.43. The Balaban J connectivity index is 2.03. The number of benzene rings is 1. The molecule has 1 heterocycles. The number of ether oxygens (including phenoxy) is 1. The topological polar surface area (TPSA) is 70.0 Å². The number of aromatic hydroxyl groups is 2. The minimum Gasteiger partial charge on any atom is -0.508 e. The number of hydrogen-bond donors (Lipinski definition) is 2. The second-order valence-electron chi connectivity index (χ2n) is 4.94. The molecule has 1 fully saturated rings. The van der Waals surface area contributed by atoms with E-state index in [0.29, 0.717) is 12.5 Å². The molecule has 0 radical (unpaired) electrons. The molecule has 1 saturated heterocycles. The van der Waals surface area contributed by atoms with Crippen LogP contribution in [0.4, 0.5) is 0 Å². The van der Waals surface area contributed by atoms with Crippen LogP contribution in [0, 0.1) is 5.92 Å². The molecule has 0 bridgehead atoms. The molecule has 5 nitrogen and oxygen atoms in total. The number of phenols is 2. The number of carbonyl (C=O) groups is 1. The van der Waals surface area contributed by atoms with Crippen molar-refractivity contribution in [3.63, 3.8) is 0 Å². The van der Waals surface area contributed by atoms with E-state index < -0.39 is 0 Å². The minimum absolute atomic E-state index is 0.0272. The lowest BCUT2D eigenvalue weighted by Gasteiger charge is -2.27. The normalized spacial score (nSPS) is 16.3. The average molecular weight is 265 g/mol. The van der Waals surface area contributed by atoms with Gasteiger partial charge in [0.25, 0.3) is 5.91 Å². The lowest BCUT2D eigenvalue weighted by Crippen LogP contribution is -2.34. The third-order valence-corrected chi connectivity index (χ3v) is 3.43. The Morgan fingerprint density at radius 1 is 1.37 bits per heavy atom. The molecule has 2 rings (SSSR count). The van der Waals surface area contributed by atoms with Crippen LogP contribution in [0.5, 0.6) is 11.5 Å². The molecule has 0 unspecified atom stereocenters. The maximum atomic E-state index is 12.2. The monoisotopic (exact) mass is 265 g/mol. The third kappa shape index (κ3) is 3.38. The van der Waals surface area contributed by atoms with Crippen molar-refractivity contribution in [3.8, 4) is 11.5 Å². The molecule has 1 aliphatic heterocycles. The summed E-state index contributed by atoms with van der Waals surface area (Å²) in [7, 11) is 1.71. The van der Waals surface area contributed by atoms with Crippen LogP contribution >= 0.6 is 0 Å². The maximum absolute atomic E-state index is 12.2. The summed E-state index contributed by atoms with van der Waals surface area (Å²) in [6.45, 7) is 2.12. The van der Waals surface area contributed by atoms with Crippen LogP contribution in [-0.2, 0) is 4.74 Å². The minimum atomic E-state index is -0.278. The molecule has 0 atom stereocenters. The first kappa shape index (κ1) is 13.7. The van der Waals surface area contributed by atoms with Crippen LogP contribution in [-0.4, -0.2) is 47.8 Å². The van der Waals surface area contributed by atoms with Crippen LogP contribution in [0.25, 0.3) is 0 Å². The van der Waals surface area contributed by atoms with E-state index in [1.54, 1.807) is 11.9 Å². The van der Waals surface area contributed by atoms with Gasteiger partial charge in [-0.25, -0.2) is 0 Å². The van der Waals surface area contributed by atoms with Crippen molar-refractivity contribution in [1.82, 2.24) is 4.90 Å². The summed E-state index contributed by atoms with van der Waals surface area (Å²) in [6, 6.07) is 3.97. The fourth-order valence-electron chi connectivity index (χ4n) is 2.30. The average Bonchev–Trinajstić information content (AvgIpc) is 2.42. The molecule has 2 N–H and O–H groups in total. The van der Waals surface area contributed by atoms with Crippen molar-refractivity contribution in [2.45, 2.75) is 12.8 Å². The predicted molar refractivity (Wildman–Crippen MR) is 70.3 cm³/mol. The van der Waals surface area contributed by atoms with E-state index in [0.717, 1.165) is 26.1 Å². The van der Waals surface area contributed by atoms with Gasteiger partial charge in [-0.3, -0.25) is 4.79 Å². The summed E-state index contributed by atoms with van der Waals surface area (Å²) in [5.74, 6) is 0.0179. The summed E-state index contributed by atoms with van der Waals surface area (Å²) in [5.41, 5.74) is 0.134. The number of hydrogen-bond acceptors (Lipinski definition) is 4. The summed E-state index contributed by atoms with van der Waals surface area (Å²) in [6.07, 6.45) is 1.90. The first-order chi connectivity index (χ1) is 9.08. The smallest absolute Gasteiger partial charge is 0.257 e. The second kappa shape index (κ2) is 5.93. The number of rotatable bonds is 3. The highest BCUT2D eigenvalue weighted by molar-refractivity contribution is 5.97. The largest absolute Gasteiger partial charge is 0.508 e. The Hall–Kier alpha value is -1.75. The van der Waals surface area contributed by atoms with Gasteiger partial charge in [0.15, 0.2) is 0 Å². The molecule has 0 saturated carbocycles. The van der Waals surface area contributed by atoms with Gasteiger partial charge in [-0.1, -0.05) is 0 Å². The van der Waals surface area contributed by atoms with Crippen molar-refractivity contribution >= 4 is 5.91 Å². The fraction of sp³-hybridized carbons (Fsp3) is 0.500. The van der Waals surface area contributed by atoms with Crippen molar-refractivity contribution < 1.29 is 19.7 Å². The molecule has 0 aliphatic carbocycles. The molecule has 19 heavy (non-hydrogen) atoms. The standard InChI is InChI=1S/C14H19NO4/c1-15(9-10-4-6-19-7-5-10)14(18)12-8-11(16)2-3-13(12)17/h2-3,8,10,16-17H,4-7,9H2,1H3. The molecule has 0 spiro atoms. The zero-order valence-corrected chi connectivity index (χ0v) is 11.0. The van der Waals surface area contributed by atoms with Crippen LogP contribution in [0.1, 0.15) is 23.2 Å². The Bertz CT molecular complexity index is 455. The molecule has 1 aromatic carbocycles. The maximum Gasteiger partial charge on any atom is 0.257 e. The highest BCUT2D eigenvalue weighted by atomic mass is 16.5. The quantitative estimate of drug-likeness (QED) is 0.814. The lowest BCUT2D eigenvalue weighted by molar-refractivity contribution is 0.0496. The van der Waals surface area contributed by atoms with Crippen molar-refractivity contribution in [2.75, 3.05) is 26.8 Å². The Labute approximate surface area is 112 Å². The van der Waals surface area contributed by atoms with Gasteiger partial charge in [0.05, 0.1) is 5.56 Å². The van der Waals surface area contributed by atoms with Gasteiger partial charge >= 0.3 is 0 Å². The third-order valence-electron chi connectivity index (χ3n) is 3.43. The van der Waals surface area contributed by atoms with E-state index in [1.807, 2.05) is 0 Å². The fourth-order valence-corrected chi connectivity index (χ4v) is 2.30. The van der Waals surface area contributed by atoms with Crippen molar-refractivity contribution in [2.24, 2.45) is 5.92 Å². The number of nitrogens with zero attached hydrogens (tertiary/aromatic N) is 1. The van der Waals surface area contributed by atoms with Crippen LogP contribution in [0.3, 0.4) is 0 Å². The Morgan fingerprint density at radius 3 is 2.74 bits per heavy atom. The highest BCUT2D eigenvalue weighted by Crippen LogP contribution is 2.24.